The summed E-state index contributed by atoms with van der Waals surface area (Å²) in [6.07, 6.45) is 1.79. The lowest BCUT2D eigenvalue weighted by atomic mass is 10.1. The number of carbonyl (C=O) groups excluding carboxylic acids is 1. The van der Waals surface area contributed by atoms with Crippen LogP contribution in [0.5, 0.6) is 0 Å². The Labute approximate surface area is 117 Å². The van der Waals surface area contributed by atoms with Gasteiger partial charge in [0.25, 0.3) is 0 Å². The van der Waals surface area contributed by atoms with E-state index < -0.39 is 11.6 Å². The molecule has 0 aromatic heterocycles. The van der Waals surface area contributed by atoms with E-state index in [9.17, 15) is 13.6 Å². The molecule has 1 aromatic carbocycles. The van der Waals surface area contributed by atoms with E-state index in [4.69, 9.17) is 5.11 Å². The van der Waals surface area contributed by atoms with E-state index in [0.717, 1.165) is 0 Å². The molecule has 0 saturated heterocycles. The second-order valence-corrected chi connectivity index (χ2v) is 5.36. The van der Waals surface area contributed by atoms with E-state index in [0.29, 0.717) is 19.3 Å². The van der Waals surface area contributed by atoms with Crippen molar-refractivity contribution in [3.8, 4) is 0 Å². The number of carbonyl (C=O) groups is 1. The lowest BCUT2D eigenvalue weighted by Crippen LogP contribution is -2.34. The molecule has 0 bridgehead atoms. The van der Waals surface area contributed by atoms with E-state index in [-0.39, 0.29) is 36.0 Å². The number of nitrogens with one attached hydrogen (secondary N) is 1. The Bertz CT molecular complexity index is 473. The standard InChI is InChI=1S/C15H19F2NO2/c1-9(4-3-7-19)18-15(20)11-8-10(11)14-12(16)5-2-6-13(14)17/h2,5-6,9-11,19H,3-4,7-8H2,1H3,(H,18,20). The summed E-state index contributed by atoms with van der Waals surface area (Å²) in [6.45, 7) is 1.95. The lowest BCUT2D eigenvalue weighted by molar-refractivity contribution is -0.123. The van der Waals surface area contributed by atoms with Gasteiger partial charge in [-0.25, -0.2) is 8.78 Å². The third-order valence-electron chi connectivity index (χ3n) is 3.68. The maximum Gasteiger partial charge on any atom is 0.223 e. The summed E-state index contributed by atoms with van der Waals surface area (Å²) in [5.74, 6) is -2.04. The average molecular weight is 283 g/mol. The van der Waals surface area contributed by atoms with Gasteiger partial charge >= 0.3 is 0 Å². The van der Waals surface area contributed by atoms with Crippen molar-refractivity contribution >= 4 is 5.91 Å². The Morgan fingerprint density at radius 1 is 1.45 bits per heavy atom. The van der Waals surface area contributed by atoms with Crippen molar-refractivity contribution in [1.82, 2.24) is 5.32 Å². The fraction of sp³-hybridized carbons (Fsp3) is 0.533. The molecule has 20 heavy (non-hydrogen) atoms. The number of aliphatic hydroxyl groups excluding tert-OH is 1. The Balaban J connectivity index is 1.93. The van der Waals surface area contributed by atoms with Gasteiger partial charge in [0.05, 0.1) is 0 Å². The summed E-state index contributed by atoms with van der Waals surface area (Å²) < 4.78 is 27.2. The average Bonchev–Trinajstić information content (AvgIpc) is 3.16. The van der Waals surface area contributed by atoms with Gasteiger partial charge in [0.1, 0.15) is 11.6 Å². The Morgan fingerprint density at radius 2 is 2.10 bits per heavy atom. The second kappa shape index (κ2) is 6.31. The molecular weight excluding hydrogens is 264 g/mol. The monoisotopic (exact) mass is 283 g/mol. The van der Waals surface area contributed by atoms with Gasteiger partial charge < -0.3 is 10.4 Å². The topological polar surface area (TPSA) is 49.3 Å². The van der Waals surface area contributed by atoms with Gasteiger partial charge in [-0.1, -0.05) is 6.07 Å². The summed E-state index contributed by atoms with van der Waals surface area (Å²) in [5, 5.41) is 11.5. The van der Waals surface area contributed by atoms with Crippen molar-refractivity contribution in [2.75, 3.05) is 6.61 Å². The highest BCUT2D eigenvalue weighted by Gasteiger charge is 2.46. The van der Waals surface area contributed by atoms with Crippen LogP contribution in [0.15, 0.2) is 18.2 Å². The molecule has 1 saturated carbocycles. The molecule has 0 spiro atoms. The lowest BCUT2D eigenvalue weighted by Gasteiger charge is -2.13. The largest absolute Gasteiger partial charge is 0.396 e. The third kappa shape index (κ3) is 3.33. The molecule has 0 aliphatic heterocycles. The van der Waals surface area contributed by atoms with Crippen LogP contribution in [0.3, 0.4) is 0 Å². The quantitative estimate of drug-likeness (QED) is 0.842. The normalized spacial score (nSPS) is 22.4. The maximum absolute atomic E-state index is 13.6. The summed E-state index contributed by atoms with van der Waals surface area (Å²) >= 11 is 0. The van der Waals surface area contributed by atoms with Crippen LogP contribution in [0, 0.1) is 17.6 Å². The van der Waals surface area contributed by atoms with E-state index >= 15 is 0 Å². The van der Waals surface area contributed by atoms with Gasteiger partial charge in [0, 0.05) is 30.0 Å². The Morgan fingerprint density at radius 3 is 2.70 bits per heavy atom. The summed E-state index contributed by atoms with van der Waals surface area (Å²) in [6, 6.07) is 3.72. The highest BCUT2D eigenvalue weighted by atomic mass is 19.1. The molecule has 1 aliphatic carbocycles. The van der Waals surface area contributed by atoms with E-state index in [1.807, 2.05) is 6.92 Å². The third-order valence-corrected chi connectivity index (χ3v) is 3.68. The van der Waals surface area contributed by atoms with Gasteiger partial charge in [-0.05, 0) is 38.3 Å². The van der Waals surface area contributed by atoms with Crippen molar-refractivity contribution in [3.63, 3.8) is 0 Å². The molecule has 0 radical (unpaired) electrons. The number of amides is 1. The van der Waals surface area contributed by atoms with Crippen LogP contribution in [0.1, 0.15) is 37.7 Å². The smallest absolute Gasteiger partial charge is 0.223 e. The summed E-state index contributed by atoms with van der Waals surface area (Å²) in [4.78, 5) is 12.0. The van der Waals surface area contributed by atoms with Crippen molar-refractivity contribution < 1.29 is 18.7 Å². The highest BCUT2D eigenvalue weighted by Crippen LogP contribution is 2.49. The predicted octanol–water partition coefficient (Wildman–Crippen LogP) is 2.35. The highest BCUT2D eigenvalue weighted by molar-refractivity contribution is 5.83. The molecule has 1 amide bonds. The molecular formula is C15H19F2NO2. The zero-order chi connectivity index (χ0) is 14.7. The van der Waals surface area contributed by atoms with Gasteiger partial charge in [0.15, 0.2) is 0 Å². The number of halogens is 2. The Hall–Kier alpha value is -1.49. The van der Waals surface area contributed by atoms with Gasteiger partial charge in [0.2, 0.25) is 5.91 Å². The van der Waals surface area contributed by atoms with Gasteiger partial charge in [-0.3, -0.25) is 4.79 Å². The molecule has 1 aromatic rings. The van der Waals surface area contributed by atoms with Gasteiger partial charge in [-0.15, -0.1) is 0 Å². The fourth-order valence-electron chi connectivity index (χ4n) is 2.49. The van der Waals surface area contributed by atoms with Crippen molar-refractivity contribution in [2.24, 2.45) is 5.92 Å². The minimum atomic E-state index is -0.585. The van der Waals surface area contributed by atoms with Gasteiger partial charge in [-0.2, -0.15) is 0 Å². The first kappa shape index (κ1) is 14.9. The van der Waals surface area contributed by atoms with Crippen LogP contribution in [0.25, 0.3) is 0 Å². The first-order chi connectivity index (χ1) is 9.54. The molecule has 0 heterocycles. The number of rotatable bonds is 6. The molecule has 2 rings (SSSR count). The predicted molar refractivity (Wildman–Crippen MR) is 71.1 cm³/mol. The number of aliphatic hydroxyl groups is 1. The van der Waals surface area contributed by atoms with Crippen LogP contribution in [0.4, 0.5) is 8.78 Å². The van der Waals surface area contributed by atoms with E-state index in [1.54, 1.807) is 0 Å². The van der Waals surface area contributed by atoms with Crippen LogP contribution in [0.2, 0.25) is 0 Å². The minimum Gasteiger partial charge on any atom is -0.396 e. The molecule has 3 atom stereocenters. The van der Waals surface area contributed by atoms with Crippen LogP contribution >= 0.6 is 0 Å². The molecule has 1 fully saturated rings. The molecule has 3 nitrogen and oxygen atoms in total. The molecule has 3 unspecified atom stereocenters. The zero-order valence-corrected chi connectivity index (χ0v) is 11.4. The first-order valence-electron chi connectivity index (χ1n) is 6.89. The van der Waals surface area contributed by atoms with Crippen molar-refractivity contribution in [1.29, 1.82) is 0 Å². The first-order valence-corrected chi connectivity index (χ1v) is 6.89. The van der Waals surface area contributed by atoms with Crippen molar-refractivity contribution in [3.05, 3.63) is 35.4 Å². The maximum atomic E-state index is 13.6. The molecule has 110 valence electrons. The minimum absolute atomic E-state index is 0.0238. The van der Waals surface area contributed by atoms with E-state index in [1.165, 1.54) is 18.2 Å². The SMILES string of the molecule is CC(CCCO)NC(=O)C1CC1c1c(F)cccc1F. The summed E-state index contributed by atoms with van der Waals surface area (Å²) in [5.41, 5.74) is 0.0238. The molecule has 5 heteroatoms. The van der Waals surface area contributed by atoms with Crippen LogP contribution < -0.4 is 5.32 Å². The number of benzene rings is 1. The van der Waals surface area contributed by atoms with Crippen molar-refractivity contribution in [2.45, 2.75) is 38.1 Å². The number of hydrogen-bond donors (Lipinski definition) is 2. The second-order valence-electron chi connectivity index (χ2n) is 5.36. The molecule has 2 N–H and O–H groups in total. The van der Waals surface area contributed by atoms with Crippen LogP contribution in [-0.2, 0) is 4.79 Å². The summed E-state index contributed by atoms with van der Waals surface area (Å²) in [7, 11) is 0. The number of hydrogen-bond acceptors (Lipinski definition) is 2. The molecule has 1 aliphatic rings. The van der Waals surface area contributed by atoms with E-state index in [2.05, 4.69) is 5.32 Å². The zero-order valence-electron chi connectivity index (χ0n) is 11.4. The fourth-order valence-corrected chi connectivity index (χ4v) is 2.49. The van der Waals surface area contributed by atoms with Crippen LogP contribution in [-0.4, -0.2) is 23.7 Å². The Kier molecular flexibility index (Phi) is 4.70.